The molecule has 2 aromatic heterocycles. The molecule has 1 aromatic carbocycles. The first-order valence-electron chi connectivity index (χ1n) is 9.78. The molecule has 0 atom stereocenters. The van der Waals surface area contributed by atoms with Crippen molar-refractivity contribution in [3.8, 4) is 0 Å². The van der Waals surface area contributed by atoms with Gasteiger partial charge in [-0.15, -0.1) is 0 Å². The molecule has 0 bridgehead atoms. The van der Waals surface area contributed by atoms with Crippen molar-refractivity contribution in [3.63, 3.8) is 0 Å². The summed E-state index contributed by atoms with van der Waals surface area (Å²) in [5.41, 5.74) is 5.96. The van der Waals surface area contributed by atoms with Crippen LogP contribution in [0.15, 0.2) is 24.3 Å². The number of halogens is 2. The normalized spacial score (nSPS) is 11.0. The first-order chi connectivity index (χ1) is 14.2. The smallest absolute Gasteiger partial charge is 0.170 e. The van der Waals surface area contributed by atoms with E-state index in [-0.39, 0.29) is 0 Å². The standard InChI is InChI=1S/C21H26Cl2N6S/c1-13-10-14(2)28(26-13)9-5-8-24-21(30)25-20-15(3)27-29(16(20)4)12-17-6-7-18(22)11-19(17)23/h6-7,10-11H,5,8-9,12H2,1-4H3,(H2,24,25,30). The molecular weight excluding hydrogens is 439 g/mol. The molecule has 0 aliphatic carbocycles. The van der Waals surface area contributed by atoms with Gasteiger partial charge in [-0.1, -0.05) is 29.3 Å². The molecule has 30 heavy (non-hydrogen) atoms. The Labute approximate surface area is 192 Å². The second-order valence-electron chi connectivity index (χ2n) is 7.32. The van der Waals surface area contributed by atoms with Gasteiger partial charge in [-0.2, -0.15) is 10.2 Å². The number of aromatic nitrogens is 4. The zero-order valence-corrected chi connectivity index (χ0v) is 19.9. The van der Waals surface area contributed by atoms with E-state index in [0.717, 1.165) is 47.8 Å². The van der Waals surface area contributed by atoms with Gasteiger partial charge in [0.1, 0.15) is 0 Å². The number of benzene rings is 1. The highest BCUT2D eigenvalue weighted by Gasteiger charge is 2.14. The van der Waals surface area contributed by atoms with Crippen LogP contribution in [0.4, 0.5) is 5.69 Å². The molecule has 0 amide bonds. The second kappa shape index (κ2) is 9.81. The van der Waals surface area contributed by atoms with Gasteiger partial charge in [-0.05, 0) is 70.1 Å². The van der Waals surface area contributed by atoms with Crippen LogP contribution in [0.2, 0.25) is 10.0 Å². The zero-order valence-electron chi connectivity index (χ0n) is 17.6. The van der Waals surface area contributed by atoms with Crippen LogP contribution in [0.1, 0.15) is 34.8 Å². The summed E-state index contributed by atoms with van der Waals surface area (Å²) in [7, 11) is 0. The third-order valence-electron chi connectivity index (χ3n) is 4.89. The summed E-state index contributed by atoms with van der Waals surface area (Å²) in [5, 5.41) is 17.5. The fourth-order valence-corrected chi connectivity index (χ4v) is 4.01. The second-order valence-corrected chi connectivity index (χ2v) is 8.58. The van der Waals surface area contributed by atoms with Crippen molar-refractivity contribution in [1.82, 2.24) is 24.9 Å². The van der Waals surface area contributed by atoms with Gasteiger partial charge in [0.25, 0.3) is 0 Å². The Bertz CT molecular complexity index is 1060. The predicted octanol–water partition coefficient (Wildman–Crippen LogP) is 5.05. The monoisotopic (exact) mass is 464 g/mol. The van der Waals surface area contributed by atoms with E-state index in [9.17, 15) is 0 Å². The highest BCUT2D eigenvalue weighted by Crippen LogP contribution is 2.25. The number of anilines is 1. The van der Waals surface area contributed by atoms with Gasteiger partial charge in [0.15, 0.2) is 5.11 Å². The lowest BCUT2D eigenvalue weighted by atomic mass is 10.2. The number of aryl methyl sites for hydroxylation is 4. The minimum Gasteiger partial charge on any atom is -0.362 e. The van der Waals surface area contributed by atoms with Crippen LogP contribution < -0.4 is 10.6 Å². The van der Waals surface area contributed by atoms with Crippen molar-refractivity contribution in [1.29, 1.82) is 0 Å². The SMILES string of the molecule is Cc1cc(C)n(CCCNC(=S)Nc2c(C)nn(Cc3ccc(Cl)cc3Cl)c2C)n1. The average Bonchev–Trinajstić information content (AvgIpc) is 3.13. The molecule has 0 aliphatic heterocycles. The molecule has 160 valence electrons. The zero-order chi connectivity index (χ0) is 21.8. The molecular formula is C21H26Cl2N6S. The summed E-state index contributed by atoms with van der Waals surface area (Å²) >= 11 is 17.8. The molecule has 0 radical (unpaired) electrons. The molecule has 0 aliphatic rings. The van der Waals surface area contributed by atoms with Gasteiger partial charge < -0.3 is 10.6 Å². The van der Waals surface area contributed by atoms with E-state index in [2.05, 4.69) is 33.8 Å². The van der Waals surface area contributed by atoms with Crippen LogP contribution in [0, 0.1) is 27.7 Å². The summed E-state index contributed by atoms with van der Waals surface area (Å²) in [6, 6.07) is 7.58. The van der Waals surface area contributed by atoms with Crippen molar-refractivity contribution >= 4 is 46.2 Å². The van der Waals surface area contributed by atoms with Gasteiger partial charge in [0, 0.05) is 28.8 Å². The highest BCUT2D eigenvalue weighted by atomic mass is 35.5. The molecule has 9 heteroatoms. The van der Waals surface area contributed by atoms with Gasteiger partial charge in [0.2, 0.25) is 0 Å². The summed E-state index contributed by atoms with van der Waals surface area (Å²) in [6.07, 6.45) is 0.927. The van der Waals surface area contributed by atoms with Gasteiger partial charge in [-0.3, -0.25) is 9.36 Å². The maximum absolute atomic E-state index is 6.31. The van der Waals surface area contributed by atoms with Crippen LogP contribution in [-0.4, -0.2) is 31.2 Å². The minimum absolute atomic E-state index is 0.563. The fraction of sp³-hybridized carbons (Fsp3) is 0.381. The molecule has 2 N–H and O–H groups in total. The minimum atomic E-state index is 0.563. The number of hydrogen-bond acceptors (Lipinski definition) is 3. The molecule has 0 saturated heterocycles. The van der Waals surface area contributed by atoms with E-state index in [1.807, 2.05) is 42.3 Å². The van der Waals surface area contributed by atoms with Crippen LogP contribution >= 0.6 is 35.4 Å². The fourth-order valence-electron chi connectivity index (χ4n) is 3.33. The summed E-state index contributed by atoms with van der Waals surface area (Å²) < 4.78 is 3.94. The van der Waals surface area contributed by atoms with Gasteiger partial charge in [-0.25, -0.2) is 0 Å². The lowest BCUT2D eigenvalue weighted by molar-refractivity contribution is 0.558. The summed E-state index contributed by atoms with van der Waals surface area (Å²) in [6.45, 7) is 10.2. The summed E-state index contributed by atoms with van der Waals surface area (Å²) in [4.78, 5) is 0. The lowest BCUT2D eigenvalue weighted by Crippen LogP contribution is -2.30. The molecule has 0 spiro atoms. The van der Waals surface area contributed by atoms with E-state index >= 15 is 0 Å². The van der Waals surface area contributed by atoms with Crippen molar-refractivity contribution < 1.29 is 0 Å². The van der Waals surface area contributed by atoms with E-state index in [1.165, 1.54) is 5.69 Å². The average molecular weight is 465 g/mol. The van der Waals surface area contributed by atoms with Crippen molar-refractivity contribution in [2.75, 3.05) is 11.9 Å². The predicted molar refractivity (Wildman–Crippen MR) is 128 cm³/mol. The Morgan fingerprint density at radius 3 is 2.50 bits per heavy atom. The van der Waals surface area contributed by atoms with E-state index < -0.39 is 0 Å². The number of nitrogens with one attached hydrogen (secondary N) is 2. The summed E-state index contributed by atoms with van der Waals surface area (Å²) in [5.74, 6) is 0. The van der Waals surface area contributed by atoms with Gasteiger partial charge in [0.05, 0.1) is 29.3 Å². The highest BCUT2D eigenvalue weighted by molar-refractivity contribution is 7.80. The first kappa shape index (κ1) is 22.6. The third kappa shape index (κ3) is 5.53. The van der Waals surface area contributed by atoms with Crippen LogP contribution in [0.25, 0.3) is 0 Å². The Kier molecular flexibility index (Phi) is 7.39. The van der Waals surface area contributed by atoms with E-state index in [0.29, 0.717) is 21.7 Å². The Morgan fingerprint density at radius 2 is 1.83 bits per heavy atom. The first-order valence-corrected chi connectivity index (χ1v) is 10.9. The van der Waals surface area contributed by atoms with Crippen LogP contribution in [0.3, 0.4) is 0 Å². The molecule has 2 heterocycles. The van der Waals surface area contributed by atoms with Gasteiger partial charge >= 0.3 is 0 Å². The number of nitrogens with zero attached hydrogens (tertiary/aromatic N) is 4. The van der Waals surface area contributed by atoms with Crippen molar-refractivity contribution in [3.05, 3.63) is 62.6 Å². The molecule has 6 nitrogen and oxygen atoms in total. The molecule has 0 unspecified atom stereocenters. The topological polar surface area (TPSA) is 59.7 Å². The van der Waals surface area contributed by atoms with Crippen molar-refractivity contribution in [2.45, 2.75) is 47.2 Å². The number of hydrogen-bond donors (Lipinski definition) is 2. The Hall–Kier alpha value is -2.09. The Morgan fingerprint density at radius 1 is 1.07 bits per heavy atom. The quantitative estimate of drug-likeness (QED) is 0.378. The maximum atomic E-state index is 6.31. The molecule has 0 fully saturated rings. The lowest BCUT2D eigenvalue weighted by Gasteiger charge is -2.12. The van der Waals surface area contributed by atoms with Crippen molar-refractivity contribution in [2.24, 2.45) is 0 Å². The maximum Gasteiger partial charge on any atom is 0.170 e. The molecule has 3 rings (SSSR count). The number of thiocarbonyl (C=S) groups is 1. The van der Waals surface area contributed by atoms with E-state index in [1.54, 1.807) is 6.07 Å². The third-order valence-corrected chi connectivity index (χ3v) is 5.72. The van der Waals surface area contributed by atoms with E-state index in [4.69, 9.17) is 35.4 Å². The largest absolute Gasteiger partial charge is 0.362 e. The molecule has 3 aromatic rings. The molecule has 0 saturated carbocycles. The van der Waals surface area contributed by atoms with Crippen LogP contribution in [-0.2, 0) is 13.1 Å². The number of rotatable bonds is 7. The van der Waals surface area contributed by atoms with Crippen LogP contribution in [0.5, 0.6) is 0 Å². The Balaban J connectivity index is 1.55.